The molecule has 0 saturated heterocycles. The molecule has 552 valence electrons. The fourth-order valence-corrected chi connectivity index (χ4v) is 19.7. The topological polar surface area (TPSA) is 32.8 Å². The van der Waals surface area contributed by atoms with E-state index in [2.05, 4.69) is 447 Å². The molecule has 1 atom stereocenters. The largest absolute Gasteiger partial charge is 0.455 e. The number of furan rings is 2. The molecule has 2 aliphatic carbocycles. The third-order valence-electron chi connectivity index (χ3n) is 25.1. The van der Waals surface area contributed by atoms with Gasteiger partial charge in [0.1, 0.15) is 22.3 Å². The Morgan fingerprint density at radius 1 is 0.178 bits per heavy atom. The first-order chi connectivity index (χ1) is 58.5. The Bertz CT molecular complexity index is 7430. The SMILES string of the molecule is c1ccc(C2(c3ccccc3)c3ccccc3-c3ccc(N(c4ccc(-c5cccc6c5oc5ccccc56)cc4)c4cccc(-c5ccc(-c6cccc(-c7ccc(C8(c9ccccc9)c9ccccc9-c9ccc(N(c%10ccc(-c%11cccc%12c%11oc%11ccccc%11%12)cc%10)c%10cccc%11ccccc%10%11)cc98)cc7)c6)cc5)c4)cc32)cc1. The zero-order valence-electron chi connectivity index (χ0n) is 64.4. The Hall–Kier alpha value is -15.4. The number of anilines is 6. The van der Waals surface area contributed by atoms with Gasteiger partial charge in [-0.3, -0.25) is 0 Å². The lowest BCUT2D eigenvalue weighted by molar-refractivity contribution is 0.669. The van der Waals surface area contributed by atoms with Crippen molar-refractivity contribution in [2.24, 2.45) is 0 Å². The first kappa shape index (κ1) is 68.3. The molecule has 0 radical (unpaired) electrons. The molecule has 0 N–H and O–H groups in total. The molecule has 21 aromatic rings. The van der Waals surface area contributed by atoms with Crippen molar-refractivity contribution >= 4 is 88.8 Å². The number of nitrogens with zero attached hydrogens (tertiary/aromatic N) is 2. The van der Waals surface area contributed by atoms with Gasteiger partial charge < -0.3 is 18.6 Å². The van der Waals surface area contributed by atoms with Crippen LogP contribution < -0.4 is 9.80 Å². The normalized spacial score (nSPS) is 13.7. The van der Waals surface area contributed by atoms with E-state index in [9.17, 15) is 0 Å². The summed E-state index contributed by atoms with van der Waals surface area (Å²) in [5, 5.41) is 6.82. The lowest BCUT2D eigenvalue weighted by Gasteiger charge is -2.35. The summed E-state index contributed by atoms with van der Waals surface area (Å²) in [4.78, 5) is 4.88. The maximum absolute atomic E-state index is 6.61. The van der Waals surface area contributed by atoms with Crippen LogP contribution >= 0.6 is 0 Å². The lowest BCUT2D eigenvalue weighted by atomic mass is 9.67. The molecule has 0 aliphatic heterocycles. The van der Waals surface area contributed by atoms with Crippen molar-refractivity contribution in [3.05, 3.63) is 493 Å². The molecule has 0 amide bonds. The van der Waals surface area contributed by atoms with E-state index in [0.29, 0.717) is 0 Å². The highest BCUT2D eigenvalue weighted by Crippen LogP contribution is 2.60. The second-order valence-electron chi connectivity index (χ2n) is 31.3. The van der Waals surface area contributed by atoms with Crippen LogP contribution in [0.3, 0.4) is 0 Å². The van der Waals surface area contributed by atoms with E-state index in [4.69, 9.17) is 8.83 Å². The molecular formula is C114H74N2O2. The van der Waals surface area contributed by atoms with Gasteiger partial charge in [-0.2, -0.15) is 0 Å². The van der Waals surface area contributed by atoms with Crippen LogP contribution in [0.15, 0.2) is 458 Å². The molecule has 118 heavy (non-hydrogen) atoms. The molecule has 19 aromatic carbocycles. The third kappa shape index (κ3) is 10.8. The quantitative estimate of drug-likeness (QED) is 0.102. The number of hydrogen-bond acceptors (Lipinski definition) is 4. The number of fused-ring (bicyclic) bond motifs is 13. The summed E-state index contributed by atoms with van der Waals surface area (Å²) in [7, 11) is 0. The molecule has 2 aliphatic rings. The van der Waals surface area contributed by atoms with Gasteiger partial charge in [-0.05, 0) is 202 Å². The van der Waals surface area contributed by atoms with Crippen molar-refractivity contribution in [2.45, 2.75) is 10.8 Å². The highest BCUT2D eigenvalue weighted by atomic mass is 16.3. The van der Waals surface area contributed by atoms with Gasteiger partial charge in [-0.25, -0.2) is 0 Å². The van der Waals surface area contributed by atoms with Crippen LogP contribution in [0, 0.1) is 0 Å². The fraction of sp³-hybridized carbons (Fsp3) is 0.0175. The summed E-state index contributed by atoms with van der Waals surface area (Å²) in [6.45, 7) is 0. The summed E-state index contributed by atoms with van der Waals surface area (Å²) < 4.78 is 13.2. The van der Waals surface area contributed by atoms with E-state index in [0.717, 1.165) is 134 Å². The van der Waals surface area contributed by atoms with Gasteiger partial charge in [-0.15, -0.1) is 0 Å². The predicted molar refractivity (Wildman–Crippen MR) is 490 cm³/mol. The second kappa shape index (κ2) is 27.7. The Morgan fingerprint density at radius 3 is 1.03 bits per heavy atom. The molecule has 23 rings (SSSR count). The van der Waals surface area contributed by atoms with E-state index in [1.807, 2.05) is 12.1 Å². The molecule has 2 aromatic heterocycles. The monoisotopic (exact) mass is 1500 g/mol. The van der Waals surface area contributed by atoms with Crippen molar-refractivity contribution in [2.75, 3.05) is 9.80 Å². The molecule has 0 fully saturated rings. The first-order valence-corrected chi connectivity index (χ1v) is 40.7. The molecule has 4 heteroatoms. The molecule has 0 bridgehead atoms. The lowest BCUT2D eigenvalue weighted by Crippen LogP contribution is -2.28. The van der Waals surface area contributed by atoms with Crippen molar-refractivity contribution in [3.63, 3.8) is 0 Å². The van der Waals surface area contributed by atoms with E-state index in [1.165, 1.54) is 77.5 Å². The summed E-state index contributed by atoms with van der Waals surface area (Å²) in [5.74, 6) is 0. The van der Waals surface area contributed by atoms with Gasteiger partial charge >= 0.3 is 0 Å². The van der Waals surface area contributed by atoms with Crippen molar-refractivity contribution in [1.29, 1.82) is 0 Å². The summed E-state index contributed by atoms with van der Waals surface area (Å²) in [5.41, 5.74) is 34.6. The maximum atomic E-state index is 6.61. The van der Waals surface area contributed by atoms with Crippen LogP contribution in [0.5, 0.6) is 0 Å². The summed E-state index contributed by atoms with van der Waals surface area (Å²) >= 11 is 0. The number of para-hydroxylation sites is 4. The van der Waals surface area contributed by atoms with Gasteiger partial charge in [0, 0.05) is 66.5 Å². The molecule has 0 spiro atoms. The first-order valence-electron chi connectivity index (χ1n) is 40.7. The van der Waals surface area contributed by atoms with Crippen molar-refractivity contribution in [3.8, 4) is 77.9 Å². The van der Waals surface area contributed by atoms with E-state index >= 15 is 0 Å². The van der Waals surface area contributed by atoms with E-state index in [1.54, 1.807) is 0 Å². The van der Waals surface area contributed by atoms with Crippen LogP contribution in [0.25, 0.3) is 133 Å². The Morgan fingerprint density at radius 2 is 0.517 bits per heavy atom. The Labute approximate surface area is 685 Å². The third-order valence-corrected chi connectivity index (χ3v) is 25.1. The van der Waals surface area contributed by atoms with E-state index in [-0.39, 0.29) is 0 Å². The average molecular weight is 1500 g/mol. The average Bonchev–Trinajstić information content (AvgIpc) is 1.50. The predicted octanol–water partition coefficient (Wildman–Crippen LogP) is 30.6. The van der Waals surface area contributed by atoms with Crippen LogP contribution in [0.2, 0.25) is 0 Å². The Balaban J connectivity index is 0.593. The minimum absolute atomic E-state index is 0.579. The van der Waals surface area contributed by atoms with Gasteiger partial charge in [-0.1, -0.05) is 364 Å². The molecule has 1 unspecified atom stereocenters. The van der Waals surface area contributed by atoms with Crippen molar-refractivity contribution < 1.29 is 8.83 Å². The highest BCUT2D eigenvalue weighted by molar-refractivity contribution is 6.11. The Kier molecular flexibility index (Phi) is 16.0. The zero-order chi connectivity index (χ0) is 77.8. The van der Waals surface area contributed by atoms with E-state index < -0.39 is 10.8 Å². The van der Waals surface area contributed by atoms with Crippen LogP contribution in [0.4, 0.5) is 34.1 Å². The summed E-state index contributed by atoms with van der Waals surface area (Å²) in [6.07, 6.45) is 0. The van der Waals surface area contributed by atoms with Gasteiger partial charge in [0.05, 0.1) is 16.5 Å². The number of benzene rings is 19. The minimum atomic E-state index is -0.672. The maximum Gasteiger partial charge on any atom is 0.143 e. The van der Waals surface area contributed by atoms with Crippen molar-refractivity contribution in [1.82, 2.24) is 0 Å². The second-order valence-corrected chi connectivity index (χ2v) is 31.3. The zero-order valence-corrected chi connectivity index (χ0v) is 64.4. The summed E-state index contributed by atoms with van der Waals surface area (Å²) in [6, 6.07) is 165. The van der Waals surface area contributed by atoms with Crippen LogP contribution in [-0.4, -0.2) is 0 Å². The number of hydrogen-bond donors (Lipinski definition) is 0. The minimum Gasteiger partial charge on any atom is -0.455 e. The van der Waals surface area contributed by atoms with Crippen LogP contribution in [0.1, 0.15) is 44.5 Å². The standard InChI is InChI=1S/C114H74N2O2/c1-4-30-84(31-5-1)113(85-32-6-2-7-33-85)104-46-16-12-38-96(104)98-69-67-91(73-106(98)113)115(88-63-57-79(58-64-88)94-42-23-44-102-100-40-14-18-49-109(100)117-111(94)102)90-36-21-29-83(72-90)76-53-51-75(52-54-76)81-27-20-28-82(71-81)77-55-61-87(62-56-77)114(86-34-8-3-9-35-86)105-47-17-13-39-97(105)99-70-68-92(74-107(99)114)116(108-48-22-26-78-25-10-11-37-93(78)108)89-65-59-80(60-66-89)95-43-24-45-103-101-41-15-19-50-110(101)118-112(95)103/h1-74H. The van der Waals surface area contributed by atoms with Crippen LogP contribution in [-0.2, 0) is 10.8 Å². The molecule has 0 saturated carbocycles. The molecule has 4 nitrogen and oxygen atoms in total. The number of rotatable bonds is 15. The van der Waals surface area contributed by atoms with Gasteiger partial charge in [0.2, 0.25) is 0 Å². The molecular weight excluding hydrogens is 1430 g/mol. The fourth-order valence-electron chi connectivity index (χ4n) is 19.7. The van der Waals surface area contributed by atoms with Gasteiger partial charge in [0.25, 0.3) is 0 Å². The van der Waals surface area contributed by atoms with Gasteiger partial charge in [0.15, 0.2) is 0 Å². The smallest absolute Gasteiger partial charge is 0.143 e. The highest BCUT2D eigenvalue weighted by Gasteiger charge is 2.48. The molecule has 2 heterocycles.